The minimum absolute atomic E-state index is 0.151. The molecule has 0 aromatic heterocycles. The summed E-state index contributed by atoms with van der Waals surface area (Å²) >= 11 is 0. The van der Waals surface area contributed by atoms with E-state index in [2.05, 4.69) is 13.8 Å². The van der Waals surface area contributed by atoms with Gasteiger partial charge in [-0.25, -0.2) is 0 Å². The number of rotatable bonds is 8. The Balaban J connectivity index is 3.59. The molecule has 0 aromatic rings. The van der Waals surface area contributed by atoms with Crippen LogP contribution in [-0.2, 0) is 9.53 Å². The molecule has 0 N–H and O–H groups in total. The fourth-order valence-electron chi connectivity index (χ4n) is 1.64. The molecule has 2 nitrogen and oxygen atoms in total. The second-order valence-electron chi connectivity index (χ2n) is 3.95. The van der Waals surface area contributed by atoms with Gasteiger partial charge in [0.15, 0.2) is 0 Å². The van der Waals surface area contributed by atoms with Gasteiger partial charge >= 0.3 is 5.97 Å². The predicted molar refractivity (Wildman–Crippen MR) is 59.2 cm³/mol. The summed E-state index contributed by atoms with van der Waals surface area (Å²) in [4.78, 5) is 10.7. The Bertz CT molecular complexity index is 143. The summed E-state index contributed by atoms with van der Waals surface area (Å²) in [7, 11) is 0. The third-order valence-electron chi connectivity index (χ3n) is 2.44. The molecule has 14 heavy (non-hydrogen) atoms. The van der Waals surface area contributed by atoms with E-state index in [-0.39, 0.29) is 5.97 Å². The fourth-order valence-corrected chi connectivity index (χ4v) is 1.64. The van der Waals surface area contributed by atoms with Gasteiger partial charge in [-0.1, -0.05) is 39.5 Å². The lowest BCUT2D eigenvalue weighted by Gasteiger charge is -2.15. The van der Waals surface area contributed by atoms with Gasteiger partial charge in [0.05, 0.1) is 6.61 Å². The third-order valence-corrected chi connectivity index (χ3v) is 2.44. The van der Waals surface area contributed by atoms with Crippen molar-refractivity contribution in [2.75, 3.05) is 6.61 Å². The molecule has 0 spiro atoms. The topological polar surface area (TPSA) is 26.3 Å². The van der Waals surface area contributed by atoms with E-state index in [9.17, 15) is 4.79 Å². The summed E-state index contributed by atoms with van der Waals surface area (Å²) in [6.07, 6.45) is 7.37. The van der Waals surface area contributed by atoms with Crippen molar-refractivity contribution in [3.63, 3.8) is 0 Å². The van der Waals surface area contributed by atoms with Crippen LogP contribution in [0.3, 0.4) is 0 Å². The standard InChI is InChI=1S/C12H24O2/c1-4-6-7-9-12(8-5-2)10-14-11(3)13/h12H,4-10H2,1-3H3/t12-/m1/s1. The maximum absolute atomic E-state index is 10.7. The molecule has 2 heteroatoms. The highest BCUT2D eigenvalue weighted by Gasteiger charge is 2.08. The van der Waals surface area contributed by atoms with Crippen LogP contribution in [0.25, 0.3) is 0 Å². The van der Waals surface area contributed by atoms with Gasteiger partial charge in [-0.2, -0.15) is 0 Å². The second-order valence-corrected chi connectivity index (χ2v) is 3.95. The molecule has 0 radical (unpaired) electrons. The molecule has 0 aliphatic rings. The van der Waals surface area contributed by atoms with Crippen molar-refractivity contribution in [3.8, 4) is 0 Å². The molecular weight excluding hydrogens is 176 g/mol. The first-order chi connectivity index (χ1) is 6.70. The molecule has 0 saturated heterocycles. The van der Waals surface area contributed by atoms with E-state index in [0.717, 1.165) is 0 Å². The van der Waals surface area contributed by atoms with Gasteiger partial charge in [-0.3, -0.25) is 4.79 Å². The van der Waals surface area contributed by atoms with Crippen molar-refractivity contribution >= 4 is 5.97 Å². The first kappa shape index (κ1) is 13.5. The van der Waals surface area contributed by atoms with Crippen LogP contribution in [0.4, 0.5) is 0 Å². The summed E-state index contributed by atoms with van der Waals surface area (Å²) in [5.74, 6) is 0.428. The SMILES string of the molecule is CCCCC[C@@H](CCC)COC(C)=O. The number of hydrogen-bond acceptors (Lipinski definition) is 2. The van der Waals surface area contributed by atoms with Crippen molar-refractivity contribution in [2.45, 2.75) is 59.3 Å². The Kier molecular flexibility index (Phi) is 8.70. The number of unbranched alkanes of at least 4 members (excludes halogenated alkanes) is 2. The average molecular weight is 200 g/mol. The van der Waals surface area contributed by atoms with Gasteiger partial charge in [0.25, 0.3) is 0 Å². The van der Waals surface area contributed by atoms with Gasteiger partial charge in [-0.05, 0) is 18.8 Å². The van der Waals surface area contributed by atoms with Crippen LogP contribution in [-0.4, -0.2) is 12.6 Å². The van der Waals surface area contributed by atoms with E-state index in [4.69, 9.17) is 4.74 Å². The quantitative estimate of drug-likeness (QED) is 0.442. The minimum atomic E-state index is -0.151. The fraction of sp³-hybridized carbons (Fsp3) is 0.917. The first-order valence-corrected chi connectivity index (χ1v) is 5.84. The number of hydrogen-bond donors (Lipinski definition) is 0. The number of esters is 1. The maximum Gasteiger partial charge on any atom is 0.302 e. The van der Waals surface area contributed by atoms with Crippen molar-refractivity contribution < 1.29 is 9.53 Å². The molecule has 0 unspecified atom stereocenters. The molecule has 0 heterocycles. The summed E-state index contributed by atoms with van der Waals surface area (Å²) < 4.78 is 5.05. The molecule has 0 bridgehead atoms. The number of ether oxygens (including phenoxy) is 1. The Morgan fingerprint density at radius 1 is 1.14 bits per heavy atom. The Morgan fingerprint density at radius 3 is 2.36 bits per heavy atom. The van der Waals surface area contributed by atoms with Gasteiger partial charge in [0, 0.05) is 6.92 Å². The predicted octanol–water partition coefficient (Wildman–Crippen LogP) is 3.55. The van der Waals surface area contributed by atoms with Crippen LogP contribution in [0, 0.1) is 5.92 Å². The zero-order chi connectivity index (χ0) is 10.8. The minimum Gasteiger partial charge on any atom is -0.466 e. The van der Waals surface area contributed by atoms with Crippen molar-refractivity contribution in [1.82, 2.24) is 0 Å². The van der Waals surface area contributed by atoms with Crippen LogP contribution in [0.15, 0.2) is 0 Å². The van der Waals surface area contributed by atoms with Gasteiger partial charge in [-0.15, -0.1) is 0 Å². The zero-order valence-corrected chi connectivity index (χ0v) is 9.84. The highest BCUT2D eigenvalue weighted by Crippen LogP contribution is 2.16. The molecule has 0 rings (SSSR count). The molecule has 0 aliphatic carbocycles. The lowest BCUT2D eigenvalue weighted by Crippen LogP contribution is -2.12. The Labute approximate surface area is 88.0 Å². The molecule has 84 valence electrons. The molecule has 0 aromatic carbocycles. The van der Waals surface area contributed by atoms with Crippen LogP contribution >= 0.6 is 0 Å². The van der Waals surface area contributed by atoms with Crippen LogP contribution in [0.2, 0.25) is 0 Å². The van der Waals surface area contributed by atoms with Crippen molar-refractivity contribution in [1.29, 1.82) is 0 Å². The monoisotopic (exact) mass is 200 g/mol. The van der Waals surface area contributed by atoms with E-state index in [1.165, 1.54) is 45.4 Å². The molecular formula is C12H24O2. The highest BCUT2D eigenvalue weighted by atomic mass is 16.5. The smallest absolute Gasteiger partial charge is 0.302 e. The lowest BCUT2D eigenvalue weighted by molar-refractivity contribution is -0.142. The average Bonchev–Trinajstić information content (AvgIpc) is 2.14. The van der Waals surface area contributed by atoms with Gasteiger partial charge < -0.3 is 4.74 Å². The normalized spacial score (nSPS) is 12.5. The Morgan fingerprint density at radius 2 is 1.86 bits per heavy atom. The maximum atomic E-state index is 10.7. The van der Waals surface area contributed by atoms with Crippen molar-refractivity contribution in [2.24, 2.45) is 5.92 Å². The lowest BCUT2D eigenvalue weighted by atomic mass is 9.97. The summed E-state index contributed by atoms with van der Waals surface area (Å²) in [5.41, 5.74) is 0. The second kappa shape index (κ2) is 9.04. The molecule has 0 saturated carbocycles. The summed E-state index contributed by atoms with van der Waals surface area (Å²) in [6.45, 7) is 6.49. The van der Waals surface area contributed by atoms with Crippen LogP contribution < -0.4 is 0 Å². The first-order valence-electron chi connectivity index (χ1n) is 5.84. The third kappa shape index (κ3) is 8.09. The molecule has 1 atom stereocenters. The summed E-state index contributed by atoms with van der Waals surface area (Å²) in [6, 6.07) is 0. The highest BCUT2D eigenvalue weighted by molar-refractivity contribution is 5.65. The van der Waals surface area contributed by atoms with E-state index in [1.807, 2.05) is 0 Å². The van der Waals surface area contributed by atoms with Crippen LogP contribution in [0.1, 0.15) is 59.3 Å². The van der Waals surface area contributed by atoms with Crippen LogP contribution in [0.5, 0.6) is 0 Å². The summed E-state index contributed by atoms with van der Waals surface area (Å²) in [5, 5.41) is 0. The van der Waals surface area contributed by atoms with E-state index in [1.54, 1.807) is 0 Å². The van der Waals surface area contributed by atoms with E-state index in [0.29, 0.717) is 12.5 Å². The van der Waals surface area contributed by atoms with E-state index >= 15 is 0 Å². The largest absolute Gasteiger partial charge is 0.466 e. The Hall–Kier alpha value is -0.530. The molecule has 0 aliphatic heterocycles. The van der Waals surface area contributed by atoms with Crippen molar-refractivity contribution in [3.05, 3.63) is 0 Å². The van der Waals surface area contributed by atoms with Gasteiger partial charge in [0.1, 0.15) is 0 Å². The molecule has 0 amide bonds. The number of carbonyl (C=O) groups excluding carboxylic acids is 1. The van der Waals surface area contributed by atoms with Gasteiger partial charge in [0.2, 0.25) is 0 Å². The number of carbonyl (C=O) groups is 1. The van der Waals surface area contributed by atoms with E-state index < -0.39 is 0 Å². The molecule has 0 fully saturated rings. The zero-order valence-electron chi connectivity index (χ0n) is 9.84.